The SMILES string of the molecule is Cc1ccsc1/C=C/C(=O)NC(CCC(=O)O)C(=O)O. The van der Waals surface area contributed by atoms with Gasteiger partial charge in [-0.25, -0.2) is 4.79 Å². The predicted molar refractivity (Wildman–Crippen MR) is 74.5 cm³/mol. The number of hydrogen-bond donors (Lipinski definition) is 3. The number of carbonyl (C=O) groups excluding carboxylic acids is 1. The van der Waals surface area contributed by atoms with Crippen molar-refractivity contribution in [3.8, 4) is 0 Å². The monoisotopic (exact) mass is 297 g/mol. The molecule has 0 aromatic carbocycles. The molecule has 1 atom stereocenters. The highest BCUT2D eigenvalue weighted by atomic mass is 32.1. The fourth-order valence-electron chi connectivity index (χ4n) is 1.45. The number of carboxylic acids is 2. The fourth-order valence-corrected chi connectivity index (χ4v) is 2.27. The summed E-state index contributed by atoms with van der Waals surface area (Å²) in [6.07, 6.45) is 2.38. The van der Waals surface area contributed by atoms with Crippen LogP contribution in [0.1, 0.15) is 23.3 Å². The van der Waals surface area contributed by atoms with E-state index in [2.05, 4.69) is 5.32 Å². The summed E-state index contributed by atoms with van der Waals surface area (Å²) in [6.45, 7) is 1.90. The highest BCUT2D eigenvalue weighted by molar-refractivity contribution is 7.11. The highest BCUT2D eigenvalue weighted by Crippen LogP contribution is 2.16. The van der Waals surface area contributed by atoms with Gasteiger partial charge in [0.25, 0.3) is 0 Å². The van der Waals surface area contributed by atoms with Crippen LogP contribution in [0, 0.1) is 6.92 Å². The van der Waals surface area contributed by atoms with Crippen LogP contribution in [0.15, 0.2) is 17.5 Å². The molecule has 20 heavy (non-hydrogen) atoms. The van der Waals surface area contributed by atoms with Crippen molar-refractivity contribution in [3.63, 3.8) is 0 Å². The van der Waals surface area contributed by atoms with Crippen molar-refractivity contribution in [1.82, 2.24) is 5.32 Å². The number of nitrogens with one attached hydrogen (secondary N) is 1. The third-order valence-corrected chi connectivity index (χ3v) is 3.53. The largest absolute Gasteiger partial charge is 0.481 e. The van der Waals surface area contributed by atoms with Crippen LogP contribution in [-0.2, 0) is 14.4 Å². The molecule has 0 aliphatic heterocycles. The van der Waals surface area contributed by atoms with E-state index >= 15 is 0 Å². The van der Waals surface area contributed by atoms with Crippen molar-refractivity contribution in [2.75, 3.05) is 0 Å². The molecule has 7 heteroatoms. The van der Waals surface area contributed by atoms with Gasteiger partial charge >= 0.3 is 11.9 Å². The van der Waals surface area contributed by atoms with Gasteiger partial charge in [0, 0.05) is 17.4 Å². The number of carboxylic acid groups (broad SMARTS) is 2. The topological polar surface area (TPSA) is 104 Å². The van der Waals surface area contributed by atoms with Crippen LogP contribution >= 0.6 is 11.3 Å². The number of amides is 1. The number of hydrogen-bond acceptors (Lipinski definition) is 4. The maximum atomic E-state index is 11.6. The molecule has 3 N–H and O–H groups in total. The normalized spacial score (nSPS) is 12.2. The smallest absolute Gasteiger partial charge is 0.326 e. The Labute approximate surface area is 119 Å². The van der Waals surface area contributed by atoms with Crippen LogP contribution in [0.2, 0.25) is 0 Å². The number of rotatable bonds is 7. The minimum absolute atomic E-state index is 0.151. The van der Waals surface area contributed by atoms with E-state index < -0.39 is 23.9 Å². The number of aryl methyl sites for hydroxylation is 1. The van der Waals surface area contributed by atoms with E-state index in [0.717, 1.165) is 10.4 Å². The molecule has 1 rings (SSSR count). The van der Waals surface area contributed by atoms with Crippen LogP contribution < -0.4 is 5.32 Å². The van der Waals surface area contributed by atoms with Gasteiger partial charge in [-0.05, 0) is 36.4 Å². The second-order valence-electron chi connectivity index (χ2n) is 4.13. The summed E-state index contributed by atoms with van der Waals surface area (Å²) < 4.78 is 0. The third kappa shape index (κ3) is 5.23. The van der Waals surface area contributed by atoms with Gasteiger partial charge in [-0.3, -0.25) is 9.59 Å². The summed E-state index contributed by atoms with van der Waals surface area (Å²) in [5.41, 5.74) is 1.03. The predicted octanol–water partition coefficient (Wildman–Crippen LogP) is 1.50. The Morgan fingerprint density at radius 3 is 2.60 bits per heavy atom. The van der Waals surface area contributed by atoms with Crippen LogP contribution in [0.3, 0.4) is 0 Å². The first-order valence-corrected chi connectivity index (χ1v) is 6.75. The Bertz CT molecular complexity index is 535. The molecule has 1 aromatic heterocycles. The van der Waals surface area contributed by atoms with E-state index in [1.54, 1.807) is 6.08 Å². The Kier molecular flexibility index (Phi) is 5.92. The molecule has 1 amide bonds. The van der Waals surface area contributed by atoms with E-state index in [1.165, 1.54) is 17.4 Å². The molecule has 108 valence electrons. The molecule has 0 aliphatic rings. The van der Waals surface area contributed by atoms with Crippen molar-refractivity contribution in [3.05, 3.63) is 28.0 Å². The fraction of sp³-hybridized carbons (Fsp3) is 0.308. The van der Waals surface area contributed by atoms with E-state index in [9.17, 15) is 14.4 Å². The molecule has 0 fully saturated rings. The zero-order valence-corrected chi connectivity index (χ0v) is 11.6. The molecule has 0 radical (unpaired) electrons. The molecule has 0 saturated carbocycles. The van der Waals surface area contributed by atoms with Gasteiger partial charge in [0.2, 0.25) is 5.91 Å². The lowest BCUT2D eigenvalue weighted by Crippen LogP contribution is -2.40. The van der Waals surface area contributed by atoms with Crippen LogP contribution in [-0.4, -0.2) is 34.1 Å². The summed E-state index contributed by atoms with van der Waals surface area (Å²) in [5.74, 6) is -2.91. The maximum absolute atomic E-state index is 11.6. The Balaban J connectivity index is 2.58. The summed E-state index contributed by atoms with van der Waals surface area (Å²) in [6, 6.07) is 0.711. The second-order valence-corrected chi connectivity index (χ2v) is 5.08. The lowest BCUT2D eigenvalue weighted by Gasteiger charge is -2.11. The van der Waals surface area contributed by atoms with Gasteiger partial charge in [0.05, 0.1) is 0 Å². The molecule has 6 nitrogen and oxygen atoms in total. The van der Waals surface area contributed by atoms with E-state index in [1.807, 2.05) is 18.4 Å². The van der Waals surface area contributed by atoms with Crippen molar-refractivity contribution in [1.29, 1.82) is 0 Å². The van der Waals surface area contributed by atoms with E-state index in [0.29, 0.717) is 0 Å². The molecule has 0 spiro atoms. The first kappa shape index (κ1) is 15.9. The zero-order valence-electron chi connectivity index (χ0n) is 10.8. The highest BCUT2D eigenvalue weighted by Gasteiger charge is 2.19. The minimum atomic E-state index is -1.25. The van der Waals surface area contributed by atoms with Gasteiger partial charge in [0.1, 0.15) is 6.04 Å². The Morgan fingerprint density at radius 2 is 2.10 bits per heavy atom. The van der Waals surface area contributed by atoms with Crippen molar-refractivity contribution < 1.29 is 24.6 Å². The molecule has 0 saturated heterocycles. The Hall–Kier alpha value is -2.15. The maximum Gasteiger partial charge on any atom is 0.326 e. The summed E-state index contributed by atoms with van der Waals surface area (Å²) in [5, 5.41) is 21.6. The average molecular weight is 297 g/mol. The van der Waals surface area contributed by atoms with E-state index in [4.69, 9.17) is 10.2 Å². The van der Waals surface area contributed by atoms with Crippen molar-refractivity contribution in [2.45, 2.75) is 25.8 Å². The molecule has 1 heterocycles. The Morgan fingerprint density at radius 1 is 1.40 bits per heavy atom. The van der Waals surface area contributed by atoms with Crippen LogP contribution in [0.25, 0.3) is 6.08 Å². The lowest BCUT2D eigenvalue weighted by molar-refractivity contribution is -0.142. The van der Waals surface area contributed by atoms with Gasteiger partial charge in [-0.2, -0.15) is 0 Å². The van der Waals surface area contributed by atoms with Gasteiger partial charge in [-0.15, -0.1) is 11.3 Å². The van der Waals surface area contributed by atoms with Gasteiger partial charge < -0.3 is 15.5 Å². The van der Waals surface area contributed by atoms with Gasteiger partial charge in [-0.1, -0.05) is 0 Å². The van der Waals surface area contributed by atoms with Crippen LogP contribution in [0.4, 0.5) is 0 Å². The second kappa shape index (κ2) is 7.44. The van der Waals surface area contributed by atoms with Gasteiger partial charge in [0.15, 0.2) is 0 Å². The third-order valence-electron chi connectivity index (χ3n) is 2.55. The zero-order chi connectivity index (χ0) is 15.1. The average Bonchev–Trinajstić information content (AvgIpc) is 2.77. The number of carbonyl (C=O) groups is 3. The molecular weight excluding hydrogens is 282 g/mol. The summed E-state index contributed by atoms with van der Waals surface area (Å²) >= 11 is 1.47. The molecule has 0 bridgehead atoms. The lowest BCUT2D eigenvalue weighted by atomic mass is 10.1. The molecule has 0 aliphatic carbocycles. The molecular formula is C13H15NO5S. The van der Waals surface area contributed by atoms with Crippen molar-refractivity contribution >= 4 is 35.3 Å². The molecule has 1 unspecified atom stereocenters. The van der Waals surface area contributed by atoms with Crippen molar-refractivity contribution in [2.24, 2.45) is 0 Å². The quantitative estimate of drug-likeness (QED) is 0.662. The molecule has 1 aromatic rings. The van der Waals surface area contributed by atoms with Crippen LogP contribution in [0.5, 0.6) is 0 Å². The number of aliphatic carboxylic acids is 2. The minimum Gasteiger partial charge on any atom is -0.481 e. The number of thiophene rings is 1. The van der Waals surface area contributed by atoms with E-state index in [-0.39, 0.29) is 12.8 Å². The summed E-state index contributed by atoms with van der Waals surface area (Å²) in [7, 11) is 0. The first-order valence-electron chi connectivity index (χ1n) is 5.87. The standard InChI is InChI=1S/C13H15NO5S/c1-8-6-7-20-10(8)3-4-11(15)14-9(13(18)19)2-5-12(16)17/h3-4,6-7,9H,2,5H2,1H3,(H,14,15)(H,16,17)(H,18,19)/b4-3+. The summed E-state index contributed by atoms with van der Waals surface area (Å²) in [4.78, 5) is 33.8. The first-order chi connectivity index (χ1) is 9.40.